The van der Waals surface area contributed by atoms with Crippen LogP contribution in [0.3, 0.4) is 0 Å². The number of allylic oxidation sites excluding steroid dienone is 1. The number of hydrogen-bond acceptors (Lipinski definition) is 5. The molecule has 5 nitrogen and oxygen atoms in total. The third-order valence-corrected chi connectivity index (χ3v) is 2.54. The second kappa shape index (κ2) is 5.03. The van der Waals surface area contributed by atoms with Crippen LogP contribution in [0.5, 0.6) is 0 Å². The largest absolute Gasteiger partial charge is 0.464 e. The van der Waals surface area contributed by atoms with E-state index in [1.54, 1.807) is 0 Å². The van der Waals surface area contributed by atoms with Crippen LogP contribution in [0, 0.1) is 5.92 Å². The Balaban J connectivity index is 2.99. The van der Waals surface area contributed by atoms with Crippen molar-refractivity contribution in [2.45, 2.75) is 12.8 Å². The van der Waals surface area contributed by atoms with Crippen molar-refractivity contribution in [1.29, 1.82) is 0 Å². The lowest BCUT2D eigenvalue weighted by Crippen LogP contribution is -2.22. The van der Waals surface area contributed by atoms with Crippen molar-refractivity contribution < 1.29 is 9.53 Å². The van der Waals surface area contributed by atoms with Gasteiger partial charge < -0.3 is 16.2 Å². The smallest absolute Gasteiger partial charge is 0.358 e. The quantitative estimate of drug-likeness (QED) is 0.566. The predicted molar refractivity (Wildman–Crippen MR) is 62.6 cm³/mol. The zero-order chi connectivity index (χ0) is 12.3. The highest BCUT2D eigenvalue weighted by Gasteiger charge is 2.27. The van der Waals surface area contributed by atoms with Gasteiger partial charge in [0.05, 0.1) is 7.11 Å². The Hall–Kier alpha value is -1.49. The predicted octanol–water partition coefficient (Wildman–Crippen LogP) is 0.849. The highest BCUT2D eigenvalue weighted by molar-refractivity contribution is 6.58. The molecule has 0 bridgehead atoms. The second-order valence-corrected chi connectivity index (χ2v) is 3.86. The minimum Gasteiger partial charge on any atom is -0.464 e. The van der Waals surface area contributed by atoms with Crippen LogP contribution in [0.1, 0.15) is 12.8 Å². The van der Waals surface area contributed by atoms with E-state index in [0.717, 1.165) is 12.8 Å². The molecule has 0 saturated heterocycles. The maximum absolute atomic E-state index is 11.4. The van der Waals surface area contributed by atoms with E-state index in [-0.39, 0.29) is 16.6 Å². The molecule has 6 heteroatoms. The number of hydrogen-bond donors (Lipinski definition) is 2. The summed E-state index contributed by atoms with van der Waals surface area (Å²) >= 11 is 5.78. The third kappa shape index (κ3) is 3.00. The van der Waals surface area contributed by atoms with E-state index in [1.165, 1.54) is 7.11 Å². The first-order chi connectivity index (χ1) is 7.47. The number of halogens is 1. The van der Waals surface area contributed by atoms with Gasteiger partial charge in [-0.15, -0.1) is 0 Å². The average molecular weight is 244 g/mol. The lowest BCUT2D eigenvalue weighted by atomic mass is 10.3. The standard InChI is InChI=1S/C10H14ClN3O2/c1-5(6-3-4-6)14-8(10(15)16-2)7(11)9(12)13/h6H,1,3-4,12-13H2,2H3/b14-8+. The first-order valence-electron chi connectivity index (χ1n) is 4.74. The average Bonchev–Trinajstić information content (AvgIpc) is 3.06. The molecule has 88 valence electrons. The normalized spacial score (nSPS) is 15.5. The fourth-order valence-electron chi connectivity index (χ4n) is 1.07. The first-order valence-corrected chi connectivity index (χ1v) is 5.12. The topological polar surface area (TPSA) is 90.7 Å². The van der Waals surface area contributed by atoms with Gasteiger partial charge in [0.1, 0.15) is 10.9 Å². The number of carbonyl (C=O) groups is 1. The molecule has 1 saturated carbocycles. The SMILES string of the molecule is C=C(/N=C(/C(=O)OC)C(Cl)=C(N)N)C1CC1. The molecule has 0 amide bonds. The van der Waals surface area contributed by atoms with Gasteiger partial charge in [-0.2, -0.15) is 0 Å². The van der Waals surface area contributed by atoms with Gasteiger partial charge in [0.15, 0.2) is 5.71 Å². The van der Waals surface area contributed by atoms with Crippen LogP contribution < -0.4 is 11.5 Å². The number of carbonyl (C=O) groups excluding carboxylic acids is 1. The molecule has 0 aliphatic heterocycles. The molecule has 1 aliphatic carbocycles. The Morgan fingerprint density at radius 3 is 2.44 bits per heavy atom. The Labute approximate surface area is 98.8 Å². The van der Waals surface area contributed by atoms with E-state index in [9.17, 15) is 4.79 Å². The molecule has 1 aliphatic rings. The number of nitrogens with zero attached hydrogens (tertiary/aromatic N) is 1. The lowest BCUT2D eigenvalue weighted by Gasteiger charge is -2.05. The van der Waals surface area contributed by atoms with Gasteiger partial charge in [0.25, 0.3) is 0 Å². The minimum atomic E-state index is -0.680. The van der Waals surface area contributed by atoms with Crippen molar-refractivity contribution in [3.63, 3.8) is 0 Å². The summed E-state index contributed by atoms with van der Waals surface area (Å²) in [5, 5.41) is -0.103. The summed E-state index contributed by atoms with van der Waals surface area (Å²) in [6, 6.07) is 0. The van der Waals surface area contributed by atoms with Crippen LogP contribution in [0.15, 0.2) is 28.1 Å². The van der Waals surface area contributed by atoms with Crippen molar-refractivity contribution in [3.8, 4) is 0 Å². The number of aliphatic imine (C=N–C) groups is 1. The number of ether oxygens (including phenoxy) is 1. The van der Waals surface area contributed by atoms with E-state index in [4.69, 9.17) is 23.1 Å². The molecule has 1 fully saturated rings. The van der Waals surface area contributed by atoms with Crippen molar-refractivity contribution in [2.24, 2.45) is 22.4 Å². The van der Waals surface area contributed by atoms with Crippen molar-refractivity contribution in [3.05, 3.63) is 23.1 Å². The number of esters is 1. The van der Waals surface area contributed by atoms with E-state index < -0.39 is 5.97 Å². The molecule has 4 N–H and O–H groups in total. The van der Waals surface area contributed by atoms with Crippen molar-refractivity contribution in [2.75, 3.05) is 7.11 Å². The highest BCUT2D eigenvalue weighted by Crippen LogP contribution is 2.36. The maximum Gasteiger partial charge on any atom is 0.358 e. The number of rotatable bonds is 4. The summed E-state index contributed by atoms with van der Waals surface area (Å²) in [7, 11) is 1.23. The maximum atomic E-state index is 11.4. The van der Waals surface area contributed by atoms with E-state index in [0.29, 0.717) is 11.6 Å². The fourth-order valence-corrected chi connectivity index (χ4v) is 1.19. The molecule has 0 radical (unpaired) electrons. The lowest BCUT2D eigenvalue weighted by molar-refractivity contribution is -0.132. The van der Waals surface area contributed by atoms with Crippen LogP contribution in [0.2, 0.25) is 0 Å². The minimum absolute atomic E-state index is 0.0962. The van der Waals surface area contributed by atoms with Gasteiger partial charge in [0.2, 0.25) is 0 Å². The van der Waals surface area contributed by atoms with Gasteiger partial charge in [0, 0.05) is 11.6 Å². The fraction of sp³-hybridized carbons (Fsp3) is 0.400. The van der Waals surface area contributed by atoms with Gasteiger partial charge in [-0.1, -0.05) is 18.2 Å². The first kappa shape index (κ1) is 12.6. The Bertz CT molecular complexity index is 380. The van der Waals surface area contributed by atoms with Gasteiger partial charge in [-0.3, -0.25) is 0 Å². The van der Waals surface area contributed by atoms with E-state index in [2.05, 4.69) is 16.3 Å². The summed E-state index contributed by atoms with van der Waals surface area (Å²) < 4.78 is 4.54. The van der Waals surface area contributed by atoms with Crippen LogP contribution in [0.4, 0.5) is 0 Å². The van der Waals surface area contributed by atoms with Gasteiger partial charge in [-0.25, -0.2) is 9.79 Å². The molecule has 16 heavy (non-hydrogen) atoms. The second-order valence-electron chi connectivity index (χ2n) is 3.49. The summed E-state index contributed by atoms with van der Waals surface area (Å²) in [6.45, 7) is 3.76. The monoisotopic (exact) mass is 243 g/mol. The molecular formula is C10H14ClN3O2. The molecule has 0 unspecified atom stereocenters. The van der Waals surface area contributed by atoms with E-state index in [1.807, 2.05) is 0 Å². The van der Waals surface area contributed by atoms with Crippen LogP contribution in [0.25, 0.3) is 0 Å². The van der Waals surface area contributed by atoms with Crippen molar-refractivity contribution in [1.82, 2.24) is 0 Å². The molecular weight excluding hydrogens is 230 g/mol. The van der Waals surface area contributed by atoms with Gasteiger partial charge in [-0.05, 0) is 12.8 Å². The highest BCUT2D eigenvalue weighted by atomic mass is 35.5. The molecule has 0 aromatic carbocycles. The molecule has 0 aromatic heterocycles. The zero-order valence-corrected chi connectivity index (χ0v) is 9.75. The summed E-state index contributed by atoms with van der Waals surface area (Å²) in [6.07, 6.45) is 2.05. The number of nitrogens with two attached hydrogens (primary N) is 2. The molecule has 0 spiro atoms. The summed E-state index contributed by atoms with van der Waals surface area (Å²) in [5.74, 6) is -0.530. The van der Waals surface area contributed by atoms with E-state index >= 15 is 0 Å². The van der Waals surface area contributed by atoms with Crippen LogP contribution in [-0.2, 0) is 9.53 Å². The molecule has 0 aromatic rings. The van der Waals surface area contributed by atoms with Crippen molar-refractivity contribution >= 4 is 23.3 Å². The number of methoxy groups -OCH3 is 1. The third-order valence-electron chi connectivity index (χ3n) is 2.14. The van der Waals surface area contributed by atoms with Crippen LogP contribution in [-0.4, -0.2) is 18.8 Å². The molecule has 1 rings (SSSR count). The summed E-state index contributed by atoms with van der Waals surface area (Å²) in [4.78, 5) is 15.4. The Morgan fingerprint density at radius 2 is 2.06 bits per heavy atom. The summed E-state index contributed by atoms with van der Waals surface area (Å²) in [5.41, 5.74) is 11.1. The van der Waals surface area contributed by atoms with Gasteiger partial charge >= 0.3 is 5.97 Å². The van der Waals surface area contributed by atoms with Crippen LogP contribution >= 0.6 is 11.6 Å². The Morgan fingerprint density at radius 1 is 1.50 bits per heavy atom. The molecule has 0 atom stereocenters. The Kier molecular flexibility index (Phi) is 3.95. The zero-order valence-electron chi connectivity index (χ0n) is 9.00. The molecule has 0 heterocycles.